The Hall–Kier alpha value is -1.24. The maximum Gasteiger partial charge on any atom is 0.135 e. The van der Waals surface area contributed by atoms with Crippen molar-refractivity contribution in [1.82, 2.24) is 14.9 Å². The largest absolute Gasteiger partial charge is 0.384 e. The summed E-state index contributed by atoms with van der Waals surface area (Å²) < 4.78 is 5.73. The van der Waals surface area contributed by atoms with Gasteiger partial charge in [-0.1, -0.05) is 0 Å². The second kappa shape index (κ2) is 6.34. The molecule has 0 bridgehead atoms. The molecule has 0 spiro atoms. The van der Waals surface area contributed by atoms with E-state index in [0.717, 1.165) is 44.7 Å². The van der Waals surface area contributed by atoms with Crippen LogP contribution >= 0.6 is 0 Å². The molecule has 0 unspecified atom stereocenters. The molecule has 4 rings (SSSR count). The molecule has 23 heavy (non-hydrogen) atoms. The number of aromatic nitrogens is 2. The SMILES string of the molecule is O[C@@]1(CN2CCCC2)COCCN(c2ncnc3c2CCC3)C1. The van der Waals surface area contributed by atoms with Crippen molar-refractivity contribution in [3.8, 4) is 0 Å². The first-order valence-corrected chi connectivity index (χ1v) is 8.84. The highest BCUT2D eigenvalue weighted by atomic mass is 16.5. The molecule has 2 fully saturated rings. The van der Waals surface area contributed by atoms with Crippen molar-refractivity contribution < 1.29 is 9.84 Å². The lowest BCUT2D eigenvalue weighted by molar-refractivity contribution is -0.0439. The van der Waals surface area contributed by atoms with E-state index in [9.17, 15) is 5.11 Å². The maximum absolute atomic E-state index is 11.1. The molecule has 0 radical (unpaired) electrons. The number of aliphatic hydroxyl groups is 1. The molecule has 3 aliphatic rings. The molecule has 0 amide bonds. The molecule has 1 aliphatic carbocycles. The van der Waals surface area contributed by atoms with Gasteiger partial charge in [0.2, 0.25) is 0 Å². The highest BCUT2D eigenvalue weighted by molar-refractivity contribution is 5.51. The lowest BCUT2D eigenvalue weighted by Crippen LogP contribution is -2.52. The molecule has 6 heteroatoms. The van der Waals surface area contributed by atoms with E-state index in [1.165, 1.54) is 24.1 Å². The number of hydrogen-bond acceptors (Lipinski definition) is 6. The van der Waals surface area contributed by atoms with Crippen LogP contribution in [-0.4, -0.2) is 71.5 Å². The predicted molar refractivity (Wildman–Crippen MR) is 87.7 cm³/mol. The smallest absolute Gasteiger partial charge is 0.135 e. The zero-order valence-corrected chi connectivity index (χ0v) is 13.7. The highest BCUT2D eigenvalue weighted by Crippen LogP contribution is 2.29. The van der Waals surface area contributed by atoms with Crippen molar-refractivity contribution in [3.05, 3.63) is 17.6 Å². The third-order valence-corrected chi connectivity index (χ3v) is 5.23. The first-order chi connectivity index (χ1) is 11.2. The molecule has 1 aromatic heterocycles. The van der Waals surface area contributed by atoms with Crippen LogP contribution in [-0.2, 0) is 17.6 Å². The van der Waals surface area contributed by atoms with Crippen LogP contribution in [0.2, 0.25) is 0 Å². The summed E-state index contributed by atoms with van der Waals surface area (Å²) in [7, 11) is 0. The molecule has 1 N–H and O–H groups in total. The number of likely N-dealkylation sites (tertiary alicyclic amines) is 1. The van der Waals surface area contributed by atoms with Gasteiger partial charge in [0.25, 0.3) is 0 Å². The van der Waals surface area contributed by atoms with Crippen molar-refractivity contribution in [1.29, 1.82) is 0 Å². The van der Waals surface area contributed by atoms with Gasteiger partial charge in [0, 0.05) is 24.3 Å². The lowest BCUT2D eigenvalue weighted by atomic mass is 10.0. The minimum absolute atomic E-state index is 0.410. The van der Waals surface area contributed by atoms with Crippen molar-refractivity contribution >= 4 is 5.82 Å². The summed E-state index contributed by atoms with van der Waals surface area (Å²) in [5.74, 6) is 1.01. The van der Waals surface area contributed by atoms with Gasteiger partial charge < -0.3 is 19.6 Å². The fourth-order valence-electron chi connectivity index (χ4n) is 4.17. The number of anilines is 1. The Kier molecular flexibility index (Phi) is 4.22. The Bertz CT molecular complexity index is 562. The topological polar surface area (TPSA) is 61.7 Å². The van der Waals surface area contributed by atoms with Gasteiger partial charge in [0.1, 0.15) is 17.7 Å². The number of β-amino-alcohol motifs (C(OH)–C–C–N with tert-alkyl or cyclic N) is 1. The molecule has 1 atom stereocenters. The van der Waals surface area contributed by atoms with E-state index in [2.05, 4.69) is 19.8 Å². The van der Waals surface area contributed by atoms with E-state index in [0.29, 0.717) is 26.3 Å². The van der Waals surface area contributed by atoms with Crippen LogP contribution in [0.3, 0.4) is 0 Å². The summed E-state index contributed by atoms with van der Waals surface area (Å²) in [6.45, 7) is 5.29. The zero-order chi connectivity index (χ0) is 15.7. The number of fused-ring (bicyclic) bond motifs is 1. The minimum Gasteiger partial charge on any atom is -0.384 e. The van der Waals surface area contributed by atoms with Crippen LogP contribution < -0.4 is 4.90 Å². The molecule has 2 aliphatic heterocycles. The standard InChI is InChI=1S/C17H26N4O2/c22-17(10-20-6-1-2-7-20)11-21(8-9-23-12-17)16-14-4-3-5-15(14)18-13-19-16/h13,22H,1-12H2/t17-/m1/s1. The molecule has 2 saturated heterocycles. The van der Waals surface area contributed by atoms with Crippen LogP contribution in [0.1, 0.15) is 30.5 Å². The Morgan fingerprint density at radius 2 is 2.00 bits per heavy atom. The monoisotopic (exact) mass is 318 g/mol. The van der Waals surface area contributed by atoms with E-state index in [-0.39, 0.29) is 0 Å². The Morgan fingerprint density at radius 1 is 1.13 bits per heavy atom. The van der Waals surface area contributed by atoms with Gasteiger partial charge in [-0.25, -0.2) is 9.97 Å². The van der Waals surface area contributed by atoms with Gasteiger partial charge in [-0.15, -0.1) is 0 Å². The fraction of sp³-hybridized carbons (Fsp3) is 0.765. The second-order valence-electron chi connectivity index (χ2n) is 7.16. The Labute approximate surface area is 137 Å². The van der Waals surface area contributed by atoms with Crippen molar-refractivity contribution in [2.75, 3.05) is 50.8 Å². The summed E-state index contributed by atoms with van der Waals surface area (Å²) in [6, 6.07) is 0. The van der Waals surface area contributed by atoms with Crippen molar-refractivity contribution in [2.24, 2.45) is 0 Å². The van der Waals surface area contributed by atoms with Gasteiger partial charge in [-0.05, 0) is 45.2 Å². The van der Waals surface area contributed by atoms with Crippen LogP contribution in [0.5, 0.6) is 0 Å². The van der Waals surface area contributed by atoms with E-state index in [4.69, 9.17) is 4.74 Å². The van der Waals surface area contributed by atoms with E-state index < -0.39 is 5.60 Å². The molecule has 1 aromatic rings. The number of hydrogen-bond donors (Lipinski definition) is 1. The van der Waals surface area contributed by atoms with Gasteiger partial charge in [-0.3, -0.25) is 0 Å². The molecule has 3 heterocycles. The molecule has 126 valence electrons. The number of nitrogens with zero attached hydrogens (tertiary/aromatic N) is 4. The zero-order valence-electron chi connectivity index (χ0n) is 13.7. The predicted octanol–water partition coefficient (Wildman–Crippen LogP) is 0.629. The number of aryl methyl sites for hydroxylation is 1. The van der Waals surface area contributed by atoms with Gasteiger partial charge >= 0.3 is 0 Å². The Morgan fingerprint density at radius 3 is 2.87 bits per heavy atom. The molecule has 0 aromatic carbocycles. The average molecular weight is 318 g/mol. The summed E-state index contributed by atoms with van der Waals surface area (Å²) >= 11 is 0. The summed E-state index contributed by atoms with van der Waals surface area (Å²) in [5.41, 5.74) is 1.64. The summed E-state index contributed by atoms with van der Waals surface area (Å²) in [6.07, 6.45) is 7.40. The summed E-state index contributed by atoms with van der Waals surface area (Å²) in [4.78, 5) is 13.5. The van der Waals surface area contributed by atoms with Crippen molar-refractivity contribution in [3.63, 3.8) is 0 Å². The van der Waals surface area contributed by atoms with Crippen LogP contribution in [0.25, 0.3) is 0 Å². The second-order valence-corrected chi connectivity index (χ2v) is 7.16. The first-order valence-electron chi connectivity index (χ1n) is 8.84. The normalized spacial score (nSPS) is 28.8. The van der Waals surface area contributed by atoms with Gasteiger partial charge in [0.05, 0.1) is 19.8 Å². The van der Waals surface area contributed by atoms with Crippen LogP contribution in [0, 0.1) is 0 Å². The number of rotatable bonds is 3. The third kappa shape index (κ3) is 3.20. The molecule has 0 saturated carbocycles. The van der Waals surface area contributed by atoms with E-state index in [1.807, 2.05) is 0 Å². The molecular weight excluding hydrogens is 292 g/mol. The fourth-order valence-corrected chi connectivity index (χ4v) is 4.17. The lowest BCUT2D eigenvalue weighted by Gasteiger charge is -2.34. The van der Waals surface area contributed by atoms with Crippen molar-refractivity contribution in [2.45, 2.75) is 37.7 Å². The summed E-state index contributed by atoms with van der Waals surface area (Å²) in [5, 5.41) is 11.1. The average Bonchev–Trinajstić information content (AvgIpc) is 3.17. The molecular formula is C17H26N4O2. The van der Waals surface area contributed by atoms with E-state index >= 15 is 0 Å². The number of ether oxygens (including phenoxy) is 1. The van der Waals surface area contributed by atoms with Crippen LogP contribution in [0.4, 0.5) is 5.82 Å². The Balaban J connectivity index is 1.55. The minimum atomic E-state index is -0.822. The van der Waals surface area contributed by atoms with Gasteiger partial charge in [-0.2, -0.15) is 0 Å². The van der Waals surface area contributed by atoms with Gasteiger partial charge in [0.15, 0.2) is 0 Å². The highest BCUT2D eigenvalue weighted by Gasteiger charge is 2.36. The quantitative estimate of drug-likeness (QED) is 0.882. The maximum atomic E-state index is 11.1. The first kappa shape index (κ1) is 15.3. The third-order valence-electron chi connectivity index (χ3n) is 5.23. The molecule has 6 nitrogen and oxygen atoms in total. The van der Waals surface area contributed by atoms with E-state index in [1.54, 1.807) is 6.33 Å². The van der Waals surface area contributed by atoms with Crippen LogP contribution in [0.15, 0.2) is 6.33 Å².